The molecule has 0 radical (unpaired) electrons. The molecule has 0 aliphatic rings. The van der Waals surface area contributed by atoms with Crippen molar-refractivity contribution in [3.05, 3.63) is 42.0 Å². The van der Waals surface area contributed by atoms with E-state index in [0.717, 1.165) is 17.9 Å². The maximum Gasteiger partial charge on any atom is 0.387 e. The first-order valence-corrected chi connectivity index (χ1v) is 6.71. The maximum absolute atomic E-state index is 12.1. The Hall–Kier alpha value is -2.02. The number of alkyl halides is 2. The highest BCUT2D eigenvalue weighted by atomic mass is 19.3. The molecule has 1 aromatic carbocycles. The van der Waals surface area contributed by atoms with Gasteiger partial charge in [0.2, 0.25) is 0 Å². The average molecular weight is 296 g/mol. The molecule has 0 aliphatic carbocycles. The van der Waals surface area contributed by atoms with Gasteiger partial charge in [-0.2, -0.15) is 13.9 Å². The topological polar surface area (TPSA) is 52.0 Å². The molecule has 1 unspecified atom stereocenters. The number of nitrogens with zero attached hydrogens (tertiary/aromatic N) is 3. The number of likely N-dealkylation sites (N-methyl/N-ethyl adjacent to an activating group) is 1. The van der Waals surface area contributed by atoms with Crippen LogP contribution in [0, 0.1) is 0 Å². The third-order valence-corrected chi connectivity index (χ3v) is 3.15. The molecule has 0 fully saturated rings. The zero-order valence-electron chi connectivity index (χ0n) is 12.0. The second kappa shape index (κ2) is 7.12. The number of ether oxygens (including phenoxy) is 1. The minimum Gasteiger partial charge on any atom is -0.435 e. The summed E-state index contributed by atoms with van der Waals surface area (Å²) >= 11 is 0. The summed E-state index contributed by atoms with van der Waals surface area (Å²) < 4.78 is 30.4. The molecule has 0 saturated carbocycles. The molecule has 0 spiro atoms. The van der Waals surface area contributed by atoms with Crippen LogP contribution in [0.5, 0.6) is 5.75 Å². The number of aryl methyl sites for hydroxylation is 1. The lowest BCUT2D eigenvalue weighted by Crippen LogP contribution is -2.24. The molecule has 0 bridgehead atoms. The Labute approximate surface area is 121 Å². The number of benzene rings is 1. The van der Waals surface area contributed by atoms with Gasteiger partial charge in [0.1, 0.15) is 17.9 Å². The summed E-state index contributed by atoms with van der Waals surface area (Å²) in [7, 11) is 1.84. The largest absolute Gasteiger partial charge is 0.435 e. The Morgan fingerprint density at radius 2 is 2.00 bits per heavy atom. The highest BCUT2D eigenvalue weighted by Crippen LogP contribution is 2.21. The lowest BCUT2D eigenvalue weighted by Gasteiger charge is -2.18. The molecule has 2 rings (SSSR count). The van der Waals surface area contributed by atoms with Crippen LogP contribution >= 0.6 is 0 Å². The van der Waals surface area contributed by atoms with Crippen LogP contribution in [-0.2, 0) is 13.5 Å². The SMILES string of the molecule is CCNC(Cc1ncnn1C)c1ccc(OC(F)F)cc1. The van der Waals surface area contributed by atoms with E-state index >= 15 is 0 Å². The Morgan fingerprint density at radius 3 is 2.52 bits per heavy atom. The predicted octanol–water partition coefficient (Wildman–Crippen LogP) is 2.31. The first-order chi connectivity index (χ1) is 10.1. The summed E-state index contributed by atoms with van der Waals surface area (Å²) in [5.74, 6) is 1.01. The molecule has 114 valence electrons. The van der Waals surface area contributed by atoms with Crippen LogP contribution in [0.15, 0.2) is 30.6 Å². The third kappa shape index (κ3) is 4.22. The molecule has 0 saturated heterocycles. The van der Waals surface area contributed by atoms with Crippen LogP contribution in [0.3, 0.4) is 0 Å². The van der Waals surface area contributed by atoms with Gasteiger partial charge in [-0.1, -0.05) is 19.1 Å². The Kier molecular flexibility index (Phi) is 5.21. The van der Waals surface area contributed by atoms with Crippen molar-refractivity contribution < 1.29 is 13.5 Å². The zero-order chi connectivity index (χ0) is 15.2. The van der Waals surface area contributed by atoms with Crippen molar-refractivity contribution in [1.82, 2.24) is 20.1 Å². The molecule has 2 aromatic rings. The molecular formula is C14H18F2N4O. The number of hydrogen-bond donors (Lipinski definition) is 1. The van der Waals surface area contributed by atoms with Crippen LogP contribution in [0.2, 0.25) is 0 Å². The molecule has 5 nitrogen and oxygen atoms in total. The smallest absolute Gasteiger partial charge is 0.387 e. The number of halogens is 2. The number of aromatic nitrogens is 3. The summed E-state index contributed by atoms with van der Waals surface area (Å²) in [5, 5.41) is 7.40. The van der Waals surface area contributed by atoms with E-state index in [1.807, 2.05) is 14.0 Å². The highest BCUT2D eigenvalue weighted by Gasteiger charge is 2.14. The summed E-state index contributed by atoms with van der Waals surface area (Å²) in [5.41, 5.74) is 0.987. The van der Waals surface area contributed by atoms with E-state index in [9.17, 15) is 8.78 Å². The fourth-order valence-corrected chi connectivity index (χ4v) is 2.12. The molecule has 0 amide bonds. The first kappa shape index (κ1) is 15.4. The van der Waals surface area contributed by atoms with Gasteiger partial charge < -0.3 is 10.1 Å². The summed E-state index contributed by atoms with van der Waals surface area (Å²) in [6.45, 7) is -0.00509. The van der Waals surface area contributed by atoms with Gasteiger partial charge in [-0.15, -0.1) is 0 Å². The quantitative estimate of drug-likeness (QED) is 0.852. The lowest BCUT2D eigenvalue weighted by molar-refractivity contribution is -0.0498. The zero-order valence-corrected chi connectivity index (χ0v) is 12.0. The van der Waals surface area contributed by atoms with E-state index in [2.05, 4.69) is 20.1 Å². The van der Waals surface area contributed by atoms with E-state index in [4.69, 9.17) is 0 Å². The van der Waals surface area contributed by atoms with Gasteiger partial charge in [-0.25, -0.2) is 4.98 Å². The standard InChI is InChI=1S/C14H18F2N4O/c1-3-17-12(8-13-18-9-19-20(13)2)10-4-6-11(7-5-10)21-14(15)16/h4-7,9,12,14,17H,3,8H2,1-2H3. The van der Waals surface area contributed by atoms with Crippen molar-refractivity contribution in [2.75, 3.05) is 6.54 Å². The van der Waals surface area contributed by atoms with Gasteiger partial charge in [0.05, 0.1) is 0 Å². The molecule has 7 heteroatoms. The number of nitrogens with one attached hydrogen (secondary N) is 1. The monoisotopic (exact) mass is 296 g/mol. The van der Waals surface area contributed by atoms with Crippen LogP contribution in [0.4, 0.5) is 8.78 Å². The molecule has 1 aromatic heterocycles. The minimum absolute atomic E-state index is 0.0403. The Bertz CT molecular complexity index is 556. The van der Waals surface area contributed by atoms with Crippen LogP contribution in [0.1, 0.15) is 24.4 Å². The van der Waals surface area contributed by atoms with Gasteiger partial charge in [-0.05, 0) is 24.2 Å². The lowest BCUT2D eigenvalue weighted by atomic mass is 10.0. The number of hydrogen-bond acceptors (Lipinski definition) is 4. The van der Waals surface area contributed by atoms with E-state index < -0.39 is 6.61 Å². The third-order valence-electron chi connectivity index (χ3n) is 3.15. The second-order valence-corrected chi connectivity index (χ2v) is 4.56. The van der Waals surface area contributed by atoms with Gasteiger partial charge in [0.25, 0.3) is 0 Å². The average Bonchev–Trinajstić information content (AvgIpc) is 2.84. The van der Waals surface area contributed by atoms with Gasteiger partial charge in [-0.3, -0.25) is 4.68 Å². The fraction of sp³-hybridized carbons (Fsp3) is 0.429. The molecule has 0 aliphatic heterocycles. The first-order valence-electron chi connectivity index (χ1n) is 6.71. The van der Waals surface area contributed by atoms with Gasteiger partial charge in [0.15, 0.2) is 0 Å². The van der Waals surface area contributed by atoms with Gasteiger partial charge in [0, 0.05) is 19.5 Å². The summed E-state index contributed by atoms with van der Waals surface area (Å²) in [6.07, 6.45) is 2.18. The minimum atomic E-state index is -2.81. The van der Waals surface area contributed by atoms with E-state index in [0.29, 0.717) is 6.42 Å². The Morgan fingerprint density at radius 1 is 1.29 bits per heavy atom. The fourth-order valence-electron chi connectivity index (χ4n) is 2.12. The van der Waals surface area contributed by atoms with Crippen molar-refractivity contribution in [3.8, 4) is 5.75 Å². The molecule has 1 heterocycles. The van der Waals surface area contributed by atoms with Crippen molar-refractivity contribution in [3.63, 3.8) is 0 Å². The highest BCUT2D eigenvalue weighted by molar-refractivity contribution is 5.29. The van der Waals surface area contributed by atoms with E-state index in [-0.39, 0.29) is 11.8 Å². The second-order valence-electron chi connectivity index (χ2n) is 4.56. The van der Waals surface area contributed by atoms with Crippen molar-refractivity contribution in [1.29, 1.82) is 0 Å². The van der Waals surface area contributed by atoms with Crippen molar-refractivity contribution in [2.45, 2.75) is 26.0 Å². The van der Waals surface area contributed by atoms with E-state index in [1.165, 1.54) is 6.33 Å². The maximum atomic E-state index is 12.1. The molecule has 21 heavy (non-hydrogen) atoms. The molecule has 1 atom stereocenters. The van der Waals surface area contributed by atoms with E-state index in [1.54, 1.807) is 28.9 Å². The van der Waals surface area contributed by atoms with Crippen LogP contribution in [-0.4, -0.2) is 27.9 Å². The normalized spacial score (nSPS) is 12.6. The summed E-state index contributed by atoms with van der Waals surface area (Å²) in [4.78, 5) is 4.21. The van der Waals surface area contributed by atoms with Crippen LogP contribution in [0.25, 0.3) is 0 Å². The summed E-state index contributed by atoms with van der Waals surface area (Å²) in [6, 6.07) is 6.69. The number of rotatable bonds is 7. The molecular weight excluding hydrogens is 278 g/mol. The molecule has 1 N–H and O–H groups in total. The predicted molar refractivity (Wildman–Crippen MR) is 74.2 cm³/mol. The van der Waals surface area contributed by atoms with Crippen molar-refractivity contribution in [2.24, 2.45) is 7.05 Å². The van der Waals surface area contributed by atoms with Crippen molar-refractivity contribution >= 4 is 0 Å². The Balaban J connectivity index is 2.12. The van der Waals surface area contributed by atoms with Gasteiger partial charge >= 0.3 is 6.61 Å². The van der Waals surface area contributed by atoms with Crippen LogP contribution < -0.4 is 10.1 Å².